The molecule has 0 fully saturated rings. The molecule has 0 spiro atoms. The third-order valence-corrected chi connectivity index (χ3v) is 2.67. The highest BCUT2D eigenvalue weighted by atomic mass is 16.5. The smallest absolute Gasteiger partial charge is 0.412 e. The van der Waals surface area contributed by atoms with E-state index in [1.165, 1.54) is 0 Å². The zero-order valence-electron chi connectivity index (χ0n) is 11.5. The average Bonchev–Trinajstić information content (AvgIpc) is 2.47. The van der Waals surface area contributed by atoms with Gasteiger partial charge in [0.15, 0.2) is 0 Å². The Morgan fingerprint density at radius 2 is 1.95 bits per heavy atom. The minimum absolute atomic E-state index is 0.246. The number of pyridine rings is 1. The Morgan fingerprint density at radius 1 is 1.20 bits per heavy atom. The lowest BCUT2D eigenvalue weighted by molar-refractivity contribution is 0.155. The van der Waals surface area contributed by atoms with Crippen molar-refractivity contribution in [3.05, 3.63) is 54.2 Å². The van der Waals surface area contributed by atoms with E-state index in [1.807, 2.05) is 55.4 Å². The minimum atomic E-state index is -0.492. The lowest BCUT2D eigenvalue weighted by Crippen LogP contribution is -2.14. The highest BCUT2D eigenvalue weighted by Crippen LogP contribution is 2.12. The summed E-state index contributed by atoms with van der Waals surface area (Å²) in [5.41, 5.74) is 1.55. The maximum atomic E-state index is 11.6. The summed E-state index contributed by atoms with van der Waals surface area (Å²) in [7, 11) is 3.81. The molecule has 1 heterocycles. The van der Waals surface area contributed by atoms with Crippen molar-refractivity contribution >= 4 is 17.6 Å². The molecule has 0 saturated carbocycles. The summed E-state index contributed by atoms with van der Waals surface area (Å²) >= 11 is 0. The van der Waals surface area contributed by atoms with Gasteiger partial charge in [0, 0.05) is 14.1 Å². The van der Waals surface area contributed by atoms with Gasteiger partial charge in [-0.3, -0.25) is 5.32 Å². The van der Waals surface area contributed by atoms with Gasteiger partial charge in [0.25, 0.3) is 0 Å². The van der Waals surface area contributed by atoms with Crippen molar-refractivity contribution in [2.24, 2.45) is 0 Å². The van der Waals surface area contributed by atoms with Crippen LogP contribution in [0, 0.1) is 0 Å². The number of anilines is 2. The van der Waals surface area contributed by atoms with E-state index < -0.39 is 6.09 Å². The van der Waals surface area contributed by atoms with E-state index in [9.17, 15) is 4.79 Å². The van der Waals surface area contributed by atoms with Gasteiger partial charge in [0.2, 0.25) is 0 Å². The first-order valence-electron chi connectivity index (χ1n) is 6.26. The van der Waals surface area contributed by atoms with Crippen molar-refractivity contribution in [2.45, 2.75) is 6.61 Å². The topological polar surface area (TPSA) is 54.5 Å². The van der Waals surface area contributed by atoms with E-state index in [1.54, 1.807) is 12.3 Å². The molecule has 1 N–H and O–H groups in total. The summed E-state index contributed by atoms with van der Waals surface area (Å²) in [5.74, 6) is 0.827. The molecule has 5 heteroatoms. The van der Waals surface area contributed by atoms with Crippen molar-refractivity contribution < 1.29 is 9.53 Å². The molecule has 1 aromatic carbocycles. The Kier molecular flexibility index (Phi) is 4.55. The van der Waals surface area contributed by atoms with E-state index in [0.717, 1.165) is 11.4 Å². The van der Waals surface area contributed by atoms with Crippen LogP contribution < -0.4 is 10.2 Å². The molecule has 0 aliphatic carbocycles. The molecule has 0 saturated heterocycles. The van der Waals surface area contributed by atoms with Crippen molar-refractivity contribution in [3.8, 4) is 0 Å². The predicted octanol–water partition coefficient (Wildman–Crippen LogP) is 2.90. The third-order valence-electron chi connectivity index (χ3n) is 2.67. The summed E-state index contributed by atoms with van der Waals surface area (Å²) in [6, 6.07) is 13.1. The molecule has 1 aromatic heterocycles. The number of nitrogens with one attached hydrogen (secondary N) is 1. The van der Waals surface area contributed by atoms with Crippen molar-refractivity contribution in [2.75, 3.05) is 24.3 Å². The lowest BCUT2D eigenvalue weighted by Gasteiger charge is -2.11. The Morgan fingerprint density at radius 3 is 2.55 bits per heavy atom. The zero-order chi connectivity index (χ0) is 14.4. The van der Waals surface area contributed by atoms with Gasteiger partial charge in [0.05, 0.1) is 11.9 Å². The number of aromatic nitrogens is 1. The van der Waals surface area contributed by atoms with Crippen molar-refractivity contribution in [3.63, 3.8) is 0 Å². The number of carbonyl (C=O) groups excluding carboxylic acids is 1. The fraction of sp³-hybridized carbons (Fsp3) is 0.200. The number of nitrogens with zero attached hydrogens (tertiary/aromatic N) is 2. The number of amides is 1. The molecule has 0 unspecified atom stereocenters. The molecule has 0 atom stereocenters. The van der Waals surface area contributed by atoms with Gasteiger partial charge in [-0.05, 0) is 17.7 Å². The monoisotopic (exact) mass is 271 g/mol. The van der Waals surface area contributed by atoms with Crippen molar-refractivity contribution in [1.29, 1.82) is 0 Å². The predicted molar refractivity (Wildman–Crippen MR) is 78.8 cm³/mol. The SMILES string of the molecule is CN(C)c1ccc(NC(=O)OCc2ccccc2)cn1. The summed E-state index contributed by atoms with van der Waals surface area (Å²) in [4.78, 5) is 17.7. The van der Waals surface area contributed by atoms with E-state index in [2.05, 4.69) is 10.3 Å². The molecule has 20 heavy (non-hydrogen) atoms. The number of hydrogen-bond acceptors (Lipinski definition) is 4. The second-order valence-electron chi connectivity index (χ2n) is 4.49. The first-order valence-corrected chi connectivity index (χ1v) is 6.26. The molecule has 1 amide bonds. The number of ether oxygens (including phenoxy) is 1. The van der Waals surface area contributed by atoms with Crippen LogP contribution in [0.2, 0.25) is 0 Å². The molecular formula is C15H17N3O2. The quantitative estimate of drug-likeness (QED) is 0.929. The Balaban J connectivity index is 1.85. The lowest BCUT2D eigenvalue weighted by atomic mass is 10.2. The van der Waals surface area contributed by atoms with Crippen LogP contribution in [0.1, 0.15) is 5.56 Å². The number of hydrogen-bond donors (Lipinski definition) is 1. The van der Waals surface area contributed by atoms with Crippen LogP contribution in [-0.2, 0) is 11.3 Å². The molecule has 0 radical (unpaired) electrons. The first kappa shape index (κ1) is 13.9. The number of carbonyl (C=O) groups is 1. The first-order chi connectivity index (χ1) is 9.65. The van der Waals surface area contributed by atoms with Gasteiger partial charge < -0.3 is 9.64 Å². The maximum Gasteiger partial charge on any atom is 0.412 e. The largest absolute Gasteiger partial charge is 0.444 e. The molecule has 5 nitrogen and oxygen atoms in total. The van der Waals surface area contributed by atoms with E-state index >= 15 is 0 Å². The zero-order valence-corrected chi connectivity index (χ0v) is 11.5. The average molecular weight is 271 g/mol. The standard InChI is InChI=1S/C15H17N3O2/c1-18(2)14-9-8-13(10-16-14)17-15(19)20-11-12-6-4-3-5-7-12/h3-10H,11H2,1-2H3,(H,17,19). The maximum absolute atomic E-state index is 11.6. The molecule has 2 aromatic rings. The van der Waals surface area contributed by atoms with Gasteiger partial charge in [-0.1, -0.05) is 30.3 Å². The van der Waals surface area contributed by atoms with Crippen molar-refractivity contribution in [1.82, 2.24) is 4.98 Å². The van der Waals surface area contributed by atoms with Crippen LogP contribution in [-0.4, -0.2) is 25.2 Å². The van der Waals surface area contributed by atoms with Crippen LogP contribution in [0.15, 0.2) is 48.7 Å². The Labute approximate surface area is 118 Å². The number of benzene rings is 1. The molecule has 2 rings (SSSR count). The van der Waals surface area contributed by atoms with Crippen LogP contribution in [0.25, 0.3) is 0 Å². The van der Waals surface area contributed by atoms with Gasteiger partial charge >= 0.3 is 6.09 Å². The fourth-order valence-corrected chi connectivity index (χ4v) is 1.60. The second kappa shape index (κ2) is 6.56. The summed E-state index contributed by atoms with van der Waals surface area (Å²) < 4.78 is 5.12. The van der Waals surface area contributed by atoms with Crippen LogP contribution in [0.4, 0.5) is 16.3 Å². The molecule has 0 aliphatic heterocycles. The highest BCUT2D eigenvalue weighted by molar-refractivity contribution is 5.84. The fourth-order valence-electron chi connectivity index (χ4n) is 1.60. The van der Waals surface area contributed by atoms with Gasteiger partial charge in [-0.2, -0.15) is 0 Å². The summed E-state index contributed by atoms with van der Waals surface area (Å²) in [6.45, 7) is 0.246. The highest BCUT2D eigenvalue weighted by Gasteiger charge is 2.04. The Bertz CT molecular complexity index is 553. The summed E-state index contributed by atoms with van der Waals surface area (Å²) in [5, 5.41) is 2.64. The molecule has 0 bridgehead atoms. The summed E-state index contributed by atoms with van der Waals surface area (Å²) in [6.07, 6.45) is 1.10. The second-order valence-corrected chi connectivity index (χ2v) is 4.49. The number of rotatable bonds is 4. The minimum Gasteiger partial charge on any atom is -0.444 e. The van der Waals surface area contributed by atoms with E-state index in [0.29, 0.717) is 5.69 Å². The van der Waals surface area contributed by atoms with E-state index in [4.69, 9.17) is 4.74 Å². The van der Waals surface area contributed by atoms with Crippen LogP contribution >= 0.6 is 0 Å². The van der Waals surface area contributed by atoms with Crippen LogP contribution in [0.5, 0.6) is 0 Å². The van der Waals surface area contributed by atoms with Gasteiger partial charge in [-0.25, -0.2) is 9.78 Å². The third kappa shape index (κ3) is 3.98. The normalized spacial score (nSPS) is 9.90. The Hall–Kier alpha value is -2.56. The van der Waals surface area contributed by atoms with Crippen LogP contribution in [0.3, 0.4) is 0 Å². The molecular weight excluding hydrogens is 254 g/mol. The molecule has 104 valence electrons. The van der Waals surface area contributed by atoms with E-state index in [-0.39, 0.29) is 6.61 Å². The van der Waals surface area contributed by atoms with Gasteiger partial charge in [0.1, 0.15) is 12.4 Å². The molecule has 0 aliphatic rings. The van der Waals surface area contributed by atoms with Gasteiger partial charge in [-0.15, -0.1) is 0 Å².